The van der Waals surface area contributed by atoms with Crippen LogP contribution < -0.4 is 0 Å². The van der Waals surface area contributed by atoms with E-state index in [1.165, 1.54) is 32.3 Å². The van der Waals surface area contributed by atoms with E-state index < -0.39 is 71.7 Å². The van der Waals surface area contributed by atoms with E-state index in [0.29, 0.717) is 44.5 Å². The summed E-state index contributed by atoms with van der Waals surface area (Å²) in [4.78, 5) is 65.3. The van der Waals surface area contributed by atoms with Gasteiger partial charge in [0.25, 0.3) is 0 Å². The fourth-order valence-electron chi connectivity index (χ4n) is 9.12. The first-order chi connectivity index (χ1) is 27.8. The van der Waals surface area contributed by atoms with Crippen LogP contribution in [0.1, 0.15) is 93.9 Å². The lowest BCUT2D eigenvalue weighted by Crippen LogP contribution is -2.62. The summed E-state index contributed by atoms with van der Waals surface area (Å²) in [6.45, 7) is 15.3. The number of esters is 1. The maximum absolute atomic E-state index is 14.1. The molecule has 2 aromatic rings. The van der Waals surface area contributed by atoms with Gasteiger partial charge in [-0.25, -0.2) is 9.78 Å². The molecular weight excluding hydrogens is 783 g/mol. The van der Waals surface area contributed by atoms with Crippen LogP contribution >= 0.6 is 11.3 Å². The Bertz CT molecular complexity index is 1750. The molecule has 0 aliphatic carbocycles. The first-order valence-corrected chi connectivity index (χ1v) is 21.7. The summed E-state index contributed by atoms with van der Waals surface area (Å²) in [6.07, 6.45) is 0.943. The smallest absolute Gasteiger partial charge is 0.410 e. The van der Waals surface area contributed by atoms with Crippen molar-refractivity contribution in [3.63, 3.8) is 0 Å². The highest BCUT2D eigenvalue weighted by molar-refractivity contribution is 7.13. The normalized spacial score (nSPS) is 35.2. The molecule has 3 aliphatic heterocycles. The topological polar surface area (TPSA) is 188 Å². The third-order valence-corrected chi connectivity index (χ3v) is 13.3. The number of aryl methyl sites for hydroxylation is 1. The number of carbonyl (C=O) groups excluding carboxylic acids is 4. The molecule has 1 N–H and O–H groups in total. The molecule has 0 spiro atoms. The Labute approximate surface area is 352 Å². The van der Waals surface area contributed by atoms with Gasteiger partial charge in [-0.1, -0.05) is 19.1 Å². The lowest BCUT2D eigenvalue weighted by Gasteiger charge is -2.46. The summed E-state index contributed by atoms with van der Waals surface area (Å²) >= 11 is 1.48. The highest BCUT2D eigenvalue weighted by Gasteiger charge is 2.59. The zero-order valence-corrected chi connectivity index (χ0v) is 37.3. The standard InChI is InChI=1S/C41H65N7O10S/c1-12-32-41(8)35(47(39(53)58-41)17-14-13-16-46-23-29(43-44-46)36-42-15-18-59-36)27(5)48(28(6)49)22-24(2)21-40(7,54-11)33(20-31(50)26(4)37(52)56-32)57-38-34(51)30(45(9)10)19-25(3)55-38/h15,18,23-27,30,32-35,38,51H,12-14,16-17,19-22H2,1-11H3/t24-,25-,26-,27-,30?,32-,33-,34?,35-,38+,40-,41-/m1/s1. The highest BCUT2D eigenvalue weighted by atomic mass is 32.1. The summed E-state index contributed by atoms with van der Waals surface area (Å²) in [6, 6.07) is -1.56. The third kappa shape index (κ3) is 10.3. The van der Waals surface area contributed by atoms with Crippen LogP contribution in [0.2, 0.25) is 0 Å². The lowest BCUT2D eigenvalue weighted by atomic mass is 9.82. The van der Waals surface area contributed by atoms with Crippen molar-refractivity contribution in [3.8, 4) is 10.7 Å². The number of ketones is 1. The molecule has 0 radical (unpaired) electrons. The zero-order chi connectivity index (χ0) is 43.4. The second-order valence-corrected chi connectivity index (χ2v) is 18.2. The molecule has 0 aromatic carbocycles. The van der Waals surface area contributed by atoms with Crippen molar-refractivity contribution < 1.29 is 48.0 Å². The van der Waals surface area contributed by atoms with Crippen LogP contribution in [0, 0.1) is 11.8 Å². The molecule has 2 aromatic heterocycles. The Balaban J connectivity index is 1.44. The Kier molecular flexibility index (Phi) is 15.3. The molecule has 12 atom stereocenters. The maximum atomic E-state index is 14.1. The Hall–Kier alpha value is -3.55. The maximum Gasteiger partial charge on any atom is 0.410 e. The number of cyclic esters (lactones) is 1. The number of Topliss-reactive ketones (excluding diaryl/α,β-unsaturated/α-hetero) is 1. The fraction of sp³-hybridized carbons (Fsp3) is 0.780. The number of carbonyl (C=O) groups is 4. The van der Waals surface area contributed by atoms with Crippen LogP contribution in [-0.2, 0) is 44.6 Å². The molecule has 3 aliphatic rings. The predicted octanol–water partition coefficient (Wildman–Crippen LogP) is 4.17. The zero-order valence-electron chi connectivity index (χ0n) is 36.5. The van der Waals surface area contributed by atoms with Crippen molar-refractivity contribution in [3.05, 3.63) is 17.8 Å². The van der Waals surface area contributed by atoms with Crippen LogP contribution in [0.5, 0.6) is 0 Å². The number of unbranched alkanes of at least 4 members (excludes halogenated alkanes) is 1. The largest absolute Gasteiger partial charge is 0.458 e. The summed E-state index contributed by atoms with van der Waals surface area (Å²) in [5.74, 6) is -2.84. The Morgan fingerprint density at radius 3 is 2.46 bits per heavy atom. The van der Waals surface area contributed by atoms with E-state index in [2.05, 4.69) is 15.3 Å². The number of likely N-dealkylation sites (N-methyl/N-ethyl adjacent to an activating group) is 1. The van der Waals surface area contributed by atoms with E-state index in [9.17, 15) is 24.3 Å². The molecule has 5 rings (SSSR count). The first-order valence-electron chi connectivity index (χ1n) is 20.8. The SMILES string of the molecule is CC[C@H]1OC(=O)[C@H](C)C(=O)C[C@@H](O[C@@H]2O[C@H](C)CC(N(C)C)C2O)[C@](C)(OC)C[C@@H](C)CN(C(C)=O)[C@H](C)[C@H]2N(CCCCn3cc(-c4nccs4)nn3)C(=O)O[C@]12C. The number of aliphatic hydroxyl groups is 1. The van der Waals surface area contributed by atoms with Gasteiger partial charge in [-0.3, -0.25) is 24.0 Å². The van der Waals surface area contributed by atoms with Crippen molar-refractivity contribution in [2.45, 2.75) is 160 Å². The van der Waals surface area contributed by atoms with Gasteiger partial charge in [0.05, 0.1) is 36.1 Å². The summed E-state index contributed by atoms with van der Waals surface area (Å²) in [5.41, 5.74) is -1.82. The molecule has 0 bridgehead atoms. The van der Waals surface area contributed by atoms with Gasteiger partial charge in [-0.2, -0.15) is 0 Å². The number of ether oxygens (including phenoxy) is 5. The van der Waals surface area contributed by atoms with Crippen molar-refractivity contribution in [2.24, 2.45) is 11.8 Å². The molecule has 3 fully saturated rings. The molecule has 3 saturated heterocycles. The number of nitrogens with zero attached hydrogens (tertiary/aromatic N) is 7. The molecule has 59 heavy (non-hydrogen) atoms. The van der Waals surface area contributed by atoms with Crippen LogP contribution in [0.4, 0.5) is 4.79 Å². The number of hydrogen-bond donors (Lipinski definition) is 1. The van der Waals surface area contributed by atoms with Gasteiger partial charge in [0.1, 0.15) is 34.6 Å². The molecule has 2 amide bonds. The summed E-state index contributed by atoms with van der Waals surface area (Å²) < 4.78 is 33.0. The van der Waals surface area contributed by atoms with E-state index >= 15 is 0 Å². The van der Waals surface area contributed by atoms with Crippen LogP contribution in [-0.4, -0.2) is 158 Å². The molecular formula is C41H65N7O10S. The van der Waals surface area contributed by atoms with Crippen LogP contribution in [0.15, 0.2) is 17.8 Å². The van der Waals surface area contributed by atoms with Crippen molar-refractivity contribution >= 4 is 35.1 Å². The monoisotopic (exact) mass is 847 g/mol. The van der Waals surface area contributed by atoms with Crippen LogP contribution in [0.3, 0.4) is 0 Å². The summed E-state index contributed by atoms with van der Waals surface area (Å²) in [7, 11) is 5.30. The predicted molar refractivity (Wildman–Crippen MR) is 218 cm³/mol. The second-order valence-electron chi connectivity index (χ2n) is 17.3. The molecule has 5 heterocycles. The minimum absolute atomic E-state index is 0.208. The average molecular weight is 848 g/mol. The highest BCUT2D eigenvalue weighted by Crippen LogP contribution is 2.41. The van der Waals surface area contributed by atoms with Gasteiger partial charge in [0.15, 0.2) is 11.9 Å². The van der Waals surface area contributed by atoms with E-state index in [1.807, 2.05) is 65.2 Å². The van der Waals surface area contributed by atoms with E-state index in [1.54, 1.807) is 27.6 Å². The molecule has 18 heteroatoms. The van der Waals surface area contributed by atoms with Crippen molar-refractivity contribution in [1.29, 1.82) is 0 Å². The Morgan fingerprint density at radius 1 is 1.12 bits per heavy atom. The van der Waals surface area contributed by atoms with Crippen molar-refractivity contribution in [1.82, 2.24) is 34.7 Å². The van der Waals surface area contributed by atoms with E-state index in [0.717, 1.165) is 5.01 Å². The van der Waals surface area contributed by atoms with Gasteiger partial charge in [0.2, 0.25) is 5.91 Å². The number of thiazole rings is 1. The number of rotatable bonds is 11. The van der Waals surface area contributed by atoms with Crippen LogP contribution in [0.25, 0.3) is 10.7 Å². The molecule has 330 valence electrons. The number of amides is 2. The van der Waals surface area contributed by atoms with Gasteiger partial charge in [-0.15, -0.1) is 16.4 Å². The van der Waals surface area contributed by atoms with Gasteiger partial charge < -0.3 is 38.6 Å². The molecule has 0 saturated carbocycles. The second kappa shape index (κ2) is 19.4. The minimum atomic E-state index is -1.38. The molecule has 17 nitrogen and oxygen atoms in total. The van der Waals surface area contributed by atoms with E-state index in [-0.39, 0.29) is 43.4 Å². The van der Waals surface area contributed by atoms with Gasteiger partial charge in [0, 0.05) is 57.7 Å². The third-order valence-electron chi connectivity index (χ3n) is 12.5. The fourth-order valence-corrected chi connectivity index (χ4v) is 9.71. The van der Waals surface area contributed by atoms with E-state index in [4.69, 9.17) is 23.7 Å². The lowest BCUT2D eigenvalue weighted by molar-refractivity contribution is -0.289. The summed E-state index contributed by atoms with van der Waals surface area (Å²) in [5, 5.41) is 22.5. The number of fused-ring (bicyclic) bond motifs is 1. The minimum Gasteiger partial charge on any atom is -0.458 e. The first kappa shape index (κ1) is 46.5. The average Bonchev–Trinajstić information content (AvgIpc) is 3.94. The Morgan fingerprint density at radius 2 is 1.83 bits per heavy atom. The van der Waals surface area contributed by atoms with Gasteiger partial charge >= 0.3 is 12.1 Å². The quantitative estimate of drug-likeness (QED) is 0.193. The van der Waals surface area contributed by atoms with Gasteiger partial charge in [-0.05, 0) is 86.7 Å². The molecule has 2 unspecified atom stereocenters. The number of aliphatic hydroxyl groups excluding tert-OH is 1. The number of methoxy groups -OCH3 is 1. The number of aromatic nitrogens is 4. The number of hydrogen-bond acceptors (Lipinski definition) is 15. The van der Waals surface area contributed by atoms with Crippen molar-refractivity contribution in [2.75, 3.05) is 34.3 Å².